The predicted molar refractivity (Wildman–Crippen MR) is 110 cm³/mol. The molecule has 28 heavy (non-hydrogen) atoms. The molecule has 7 heteroatoms. The van der Waals surface area contributed by atoms with Crippen LogP contribution >= 0.6 is 0 Å². The summed E-state index contributed by atoms with van der Waals surface area (Å²) in [6, 6.07) is 9.30. The van der Waals surface area contributed by atoms with Gasteiger partial charge in [0.25, 0.3) is 0 Å². The molecule has 0 spiro atoms. The molecule has 1 aromatic heterocycles. The summed E-state index contributed by atoms with van der Waals surface area (Å²) in [5.41, 5.74) is 7.55. The van der Waals surface area contributed by atoms with Gasteiger partial charge in [-0.25, -0.2) is 9.78 Å². The van der Waals surface area contributed by atoms with Gasteiger partial charge in [-0.05, 0) is 24.8 Å². The summed E-state index contributed by atoms with van der Waals surface area (Å²) in [6.45, 7) is 2.75. The van der Waals surface area contributed by atoms with Crippen molar-refractivity contribution >= 4 is 11.9 Å². The molecular formula is C21H31N5O2. The summed E-state index contributed by atoms with van der Waals surface area (Å²) in [6.07, 6.45) is 7.75. The molecular weight excluding hydrogens is 354 g/mol. The van der Waals surface area contributed by atoms with Gasteiger partial charge in [-0.2, -0.15) is 0 Å². The normalized spacial score (nSPS) is 11.8. The average Bonchev–Trinajstić information content (AvgIpc) is 3.15. The zero-order chi connectivity index (χ0) is 20.2. The van der Waals surface area contributed by atoms with Gasteiger partial charge in [-0.15, -0.1) is 0 Å². The summed E-state index contributed by atoms with van der Waals surface area (Å²) in [7, 11) is 0. The number of urea groups is 1. The maximum Gasteiger partial charge on any atom is 0.315 e. The van der Waals surface area contributed by atoms with Crippen molar-refractivity contribution in [2.75, 3.05) is 6.54 Å². The van der Waals surface area contributed by atoms with E-state index in [4.69, 9.17) is 5.73 Å². The second kappa shape index (κ2) is 11.8. The number of primary amides is 1. The van der Waals surface area contributed by atoms with Crippen molar-refractivity contribution in [2.45, 2.75) is 57.9 Å². The Kier molecular flexibility index (Phi) is 9.04. The maximum absolute atomic E-state index is 12.1. The van der Waals surface area contributed by atoms with E-state index in [0.717, 1.165) is 44.2 Å². The van der Waals surface area contributed by atoms with Crippen molar-refractivity contribution in [1.29, 1.82) is 0 Å². The van der Waals surface area contributed by atoms with Crippen molar-refractivity contribution in [3.05, 3.63) is 53.6 Å². The minimum Gasteiger partial charge on any atom is -0.370 e. The van der Waals surface area contributed by atoms with Crippen LogP contribution in [0.3, 0.4) is 0 Å². The third-order valence-electron chi connectivity index (χ3n) is 4.53. The molecule has 1 heterocycles. The van der Waals surface area contributed by atoms with Gasteiger partial charge >= 0.3 is 6.03 Å². The highest BCUT2D eigenvalue weighted by Gasteiger charge is 2.20. The number of H-pyrrole nitrogens is 1. The molecule has 2 rings (SSSR count). The summed E-state index contributed by atoms with van der Waals surface area (Å²) in [5, 5.41) is 5.62. The van der Waals surface area contributed by atoms with E-state index < -0.39 is 11.9 Å². The molecule has 0 fully saturated rings. The fraction of sp³-hybridized carbons (Fsp3) is 0.476. The molecule has 0 bridgehead atoms. The molecule has 7 nitrogen and oxygen atoms in total. The van der Waals surface area contributed by atoms with Crippen molar-refractivity contribution in [3.63, 3.8) is 0 Å². The largest absolute Gasteiger partial charge is 0.370 e. The molecule has 0 aliphatic heterocycles. The van der Waals surface area contributed by atoms with Crippen LogP contribution in [0.25, 0.3) is 0 Å². The molecule has 3 amide bonds. The molecule has 0 unspecified atom stereocenters. The van der Waals surface area contributed by atoms with E-state index in [2.05, 4.69) is 39.7 Å². The quantitative estimate of drug-likeness (QED) is 0.421. The van der Waals surface area contributed by atoms with E-state index in [9.17, 15) is 9.59 Å². The molecule has 0 aliphatic rings. The van der Waals surface area contributed by atoms with E-state index in [-0.39, 0.29) is 12.5 Å². The molecule has 1 aromatic carbocycles. The number of nitrogens with one attached hydrogen (secondary N) is 3. The lowest BCUT2D eigenvalue weighted by Gasteiger charge is -2.16. The number of imidazole rings is 1. The minimum absolute atomic E-state index is 0.00507. The van der Waals surface area contributed by atoms with Crippen LogP contribution < -0.4 is 16.4 Å². The van der Waals surface area contributed by atoms with Gasteiger partial charge in [0.1, 0.15) is 5.82 Å². The third kappa shape index (κ3) is 7.82. The number of aromatic nitrogens is 2. The second-order valence-electron chi connectivity index (χ2n) is 6.96. The fourth-order valence-electron chi connectivity index (χ4n) is 2.98. The number of carbonyl (C=O) groups excluding carboxylic acids is 2. The number of hydrogen-bond donors (Lipinski definition) is 4. The van der Waals surface area contributed by atoms with Crippen LogP contribution in [0.2, 0.25) is 0 Å². The zero-order valence-corrected chi connectivity index (χ0v) is 16.5. The summed E-state index contributed by atoms with van der Waals surface area (Å²) in [5.74, 6) is 0.0541. The van der Waals surface area contributed by atoms with Gasteiger partial charge < -0.3 is 21.4 Å². The van der Waals surface area contributed by atoms with Gasteiger partial charge in [-0.3, -0.25) is 4.79 Å². The zero-order valence-electron chi connectivity index (χ0n) is 16.5. The van der Waals surface area contributed by atoms with Crippen LogP contribution in [0.4, 0.5) is 4.79 Å². The summed E-state index contributed by atoms with van der Waals surface area (Å²) >= 11 is 0. The lowest BCUT2D eigenvalue weighted by Crippen LogP contribution is -2.40. The van der Waals surface area contributed by atoms with Crippen LogP contribution in [-0.4, -0.2) is 28.5 Å². The van der Waals surface area contributed by atoms with E-state index in [1.807, 2.05) is 18.2 Å². The van der Waals surface area contributed by atoms with Crippen LogP contribution in [-0.2, 0) is 17.6 Å². The van der Waals surface area contributed by atoms with Gasteiger partial charge in [-0.1, -0.05) is 56.5 Å². The topological polar surface area (TPSA) is 113 Å². The number of carbonyl (C=O) groups is 2. The second-order valence-corrected chi connectivity index (χ2v) is 6.96. The highest BCUT2D eigenvalue weighted by atomic mass is 16.2. The predicted octanol–water partition coefficient (Wildman–Crippen LogP) is 2.99. The SMILES string of the molecule is CCCCCCNC(=O)N[C@H](CC(N)=O)c1ncc(CCc2ccccc2)[nH]1. The number of unbranched alkanes of at least 4 members (excludes halogenated alkanes) is 3. The number of nitrogens with zero attached hydrogens (tertiary/aromatic N) is 1. The van der Waals surface area contributed by atoms with E-state index in [0.29, 0.717) is 12.4 Å². The highest BCUT2D eigenvalue weighted by Crippen LogP contribution is 2.14. The van der Waals surface area contributed by atoms with Gasteiger partial charge in [0.05, 0.1) is 12.5 Å². The molecule has 5 N–H and O–H groups in total. The number of hydrogen-bond acceptors (Lipinski definition) is 3. The van der Waals surface area contributed by atoms with E-state index in [1.165, 1.54) is 5.56 Å². The number of amides is 3. The molecule has 0 saturated carbocycles. The summed E-state index contributed by atoms with van der Waals surface area (Å²) < 4.78 is 0. The minimum atomic E-state index is -0.571. The number of nitrogens with two attached hydrogens (primary N) is 1. The Bertz CT molecular complexity index is 729. The van der Waals surface area contributed by atoms with Crippen LogP contribution in [0.5, 0.6) is 0 Å². The Balaban J connectivity index is 1.88. The van der Waals surface area contributed by atoms with Crippen molar-refractivity contribution in [3.8, 4) is 0 Å². The van der Waals surface area contributed by atoms with Crippen molar-refractivity contribution in [1.82, 2.24) is 20.6 Å². The fourth-order valence-corrected chi connectivity index (χ4v) is 2.98. The van der Waals surface area contributed by atoms with Gasteiger partial charge in [0, 0.05) is 18.4 Å². The molecule has 2 aromatic rings. The van der Waals surface area contributed by atoms with Crippen LogP contribution in [0.1, 0.15) is 62.2 Å². The molecule has 0 aliphatic carbocycles. The standard InChI is InChI=1S/C21H31N5O2/c1-2-3-4-8-13-23-21(28)26-18(14-19(22)27)20-24-15-17(25-20)12-11-16-9-6-5-7-10-16/h5-7,9-10,15,18H,2-4,8,11-14H2,1H3,(H2,22,27)(H,24,25)(H2,23,26,28)/t18-/m1/s1. The van der Waals surface area contributed by atoms with E-state index >= 15 is 0 Å². The monoisotopic (exact) mass is 385 g/mol. The average molecular weight is 386 g/mol. The summed E-state index contributed by atoms with van der Waals surface area (Å²) in [4.78, 5) is 31.1. The first-order chi connectivity index (χ1) is 13.6. The Morgan fingerprint density at radius 3 is 2.64 bits per heavy atom. The first-order valence-electron chi connectivity index (χ1n) is 9.99. The number of aryl methyl sites for hydroxylation is 2. The maximum atomic E-state index is 12.1. The highest BCUT2D eigenvalue weighted by molar-refractivity contribution is 5.77. The van der Waals surface area contributed by atoms with E-state index in [1.54, 1.807) is 6.20 Å². The number of rotatable bonds is 12. The first kappa shape index (κ1) is 21.5. The molecule has 1 atom stereocenters. The smallest absolute Gasteiger partial charge is 0.315 e. The Hall–Kier alpha value is -2.83. The van der Waals surface area contributed by atoms with Crippen molar-refractivity contribution < 1.29 is 9.59 Å². The Morgan fingerprint density at radius 1 is 1.14 bits per heavy atom. The lowest BCUT2D eigenvalue weighted by atomic mass is 10.1. The number of benzene rings is 1. The van der Waals surface area contributed by atoms with Gasteiger partial charge in [0.2, 0.25) is 5.91 Å². The lowest BCUT2D eigenvalue weighted by molar-refractivity contribution is -0.118. The third-order valence-corrected chi connectivity index (χ3v) is 4.53. The van der Waals surface area contributed by atoms with Crippen molar-refractivity contribution in [2.24, 2.45) is 5.73 Å². The Morgan fingerprint density at radius 2 is 1.93 bits per heavy atom. The Labute approximate surface area is 166 Å². The van der Waals surface area contributed by atoms with Crippen LogP contribution in [0.15, 0.2) is 36.5 Å². The first-order valence-corrected chi connectivity index (χ1v) is 9.99. The molecule has 152 valence electrons. The van der Waals surface area contributed by atoms with Gasteiger partial charge in [0.15, 0.2) is 0 Å². The number of aromatic amines is 1. The molecule has 0 saturated heterocycles. The van der Waals surface area contributed by atoms with Crippen LogP contribution in [0, 0.1) is 0 Å². The molecule has 0 radical (unpaired) electrons.